The third kappa shape index (κ3) is 2.90. The number of ether oxygens (including phenoxy) is 1. The van der Waals surface area contributed by atoms with Crippen LogP contribution >= 0.6 is 12.4 Å². The minimum absolute atomic E-state index is 0. The maximum atomic E-state index is 13.4. The highest BCUT2D eigenvalue weighted by Crippen LogP contribution is 2.42. The zero-order valence-electron chi connectivity index (χ0n) is 11.6. The van der Waals surface area contributed by atoms with Crippen LogP contribution in [0.4, 0.5) is 8.78 Å². The van der Waals surface area contributed by atoms with E-state index in [1.807, 2.05) is 0 Å². The standard InChI is InChI=1S/C15H17F2NO2.ClH/c1-20-15(19)14-10(7-9-3-5-13(14)18-9)8-2-4-11(16)12(17)6-8;/h2,4,6,9-10,13-14,18H,3,5,7H2,1H3;1H/t9-,10-,13+,14-;/m0./s1. The molecule has 0 aliphatic carbocycles. The summed E-state index contributed by atoms with van der Waals surface area (Å²) in [5.41, 5.74) is 0.678. The maximum absolute atomic E-state index is 13.4. The normalized spacial score (nSPS) is 30.6. The molecule has 1 aromatic rings. The van der Waals surface area contributed by atoms with Crippen LogP contribution in [-0.4, -0.2) is 25.2 Å². The summed E-state index contributed by atoms with van der Waals surface area (Å²) in [7, 11) is 1.37. The number of fused-ring (bicyclic) bond motifs is 2. The molecule has 6 heteroatoms. The molecule has 0 saturated carbocycles. The summed E-state index contributed by atoms with van der Waals surface area (Å²) in [6, 6.07) is 4.33. The van der Waals surface area contributed by atoms with Crippen LogP contribution in [0.3, 0.4) is 0 Å². The van der Waals surface area contributed by atoms with E-state index in [9.17, 15) is 13.6 Å². The molecule has 2 saturated heterocycles. The fraction of sp³-hybridized carbons (Fsp3) is 0.533. The SMILES string of the molecule is COC(=O)[C@@H]1[C@H]2CC[C@@H](C[C@H]1c1ccc(F)c(F)c1)N2.Cl. The van der Waals surface area contributed by atoms with E-state index in [1.54, 1.807) is 6.07 Å². The number of methoxy groups -OCH3 is 1. The average Bonchev–Trinajstić information content (AvgIpc) is 2.82. The molecule has 2 bridgehead atoms. The Labute approximate surface area is 128 Å². The van der Waals surface area contributed by atoms with Crippen LogP contribution in [0.2, 0.25) is 0 Å². The van der Waals surface area contributed by atoms with Gasteiger partial charge in [-0.2, -0.15) is 0 Å². The first-order valence-electron chi connectivity index (χ1n) is 6.89. The molecule has 116 valence electrons. The van der Waals surface area contributed by atoms with E-state index in [0.717, 1.165) is 25.3 Å². The second-order valence-electron chi connectivity index (χ2n) is 5.61. The van der Waals surface area contributed by atoms with Crippen molar-refractivity contribution < 1.29 is 18.3 Å². The van der Waals surface area contributed by atoms with Gasteiger partial charge in [0.15, 0.2) is 11.6 Å². The fourth-order valence-electron chi connectivity index (χ4n) is 3.60. The molecule has 0 aromatic heterocycles. The lowest BCUT2D eigenvalue weighted by Gasteiger charge is -2.36. The van der Waals surface area contributed by atoms with E-state index in [4.69, 9.17) is 4.74 Å². The van der Waals surface area contributed by atoms with Crippen molar-refractivity contribution in [3.63, 3.8) is 0 Å². The van der Waals surface area contributed by atoms with Crippen molar-refractivity contribution in [3.8, 4) is 0 Å². The van der Waals surface area contributed by atoms with Gasteiger partial charge in [-0.15, -0.1) is 12.4 Å². The van der Waals surface area contributed by atoms with Crippen LogP contribution in [0.1, 0.15) is 30.7 Å². The largest absolute Gasteiger partial charge is 0.469 e. The molecule has 0 amide bonds. The van der Waals surface area contributed by atoms with Crippen LogP contribution in [0.5, 0.6) is 0 Å². The number of nitrogens with one attached hydrogen (secondary N) is 1. The lowest BCUT2D eigenvalue weighted by atomic mass is 9.77. The molecule has 4 atom stereocenters. The van der Waals surface area contributed by atoms with Gasteiger partial charge in [0.2, 0.25) is 0 Å². The van der Waals surface area contributed by atoms with Crippen molar-refractivity contribution in [2.45, 2.75) is 37.3 Å². The number of esters is 1. The smallest absolute Gasteiger partial charge is 0.310 e. The van der Waals surface area contributed by atoms with Crippen molar-refractivity contribution in [2.75, 3.05) is 7.11 Å². The topological polar surface area (TPSA) is 38.3 Å². The average molecular weight is 318 g/mol. The van der Waals surface area contributed by atoms with Gasteiger partial charge in [0.1, 0.15) is 0 Å². The quantitative estimate of drug-likeness (QED) is 0.852. The maximum Gasteiger partial charge on any atom is 0.310 e. The highest BCUT2D eigenvalue weighted by Gasteiger charge is 2.46. The Morgan fingerprint density at radius 2 is 2.05 bits per heavy atom. The Morgan fingerprint density at radius 1 is 1.29 bits per heavy atom. The molecule has 2 aliphatic heterocycles. The Balaban J connectivity index is 0.00000161. The first-order valence-corrected chi connectivity index (χ1v) is 6.89. The molecule has 3 rings (SSSR count). The zero-order valence-corrected chi connectivity index (χ0v) is 12.5. The Kier molecular flexibility index (Phi) is 4.84. The Bertz CT molecular complexity index is 540. The molecule has 21 heavy (non-hydrogen) atoms. The summed E-state index contributed by atoms with van der Waals surface area (Å²) in [5.74, 6) is -2.45. The number of carbonyl (C=O) groups is 1. The molecule has 0 unspecified atom stereocenters. The summed E-state index contributed by atoms with van der Waals surface area (Å²) in [6.07, 6.45) is 2.68. The third-order valence-corrected chi connectivity index (χ3v) is 4.53. The molecule has 2 aliphatic rings. The van der Waals surface area contributed by atoms with Crippen molar-refractivity contribution in [3.05, 3.63) is 35.4 Å². The van der Waals surface area contributed by atoms with Gasteiger partial charge in [-0.05, 0) is 37.0 Å². The first-order chi connectivity index (χ1) is 9.60. The van der Waals surface area contributed by atoms with Gasteiger partial charge in [0.05, 0.1) is 13.0 Å². The van der Waals surface area contributed by atoms with Crippen LogP contribution in [0.25, 0.3) is 0 Å². The van der Waals surface area contributed by atoms with E-state index in [2.05, 4.69) is 5.32 Å². The van der Waals surface area contributed by atoms with Gasteiger partial charge in [-0.25, -0.2) is 8.78 Å². The van der Waals surface area contributed by atoms with Crippen LogP contribution < -0.4 is 5.32 Å². The summed E-state index contributed by atoms with van der Waals surface area (Å²) in [4.78, 5) is 12.1. The molecule has 1 N–H and O–H groups in total. The lowest BCUT2D eigenvalue weighted by Crippen LogP contribution is -2.48. The van der Waals surface area contributed by atoms with Crippen molar-refractivity contribution in [1.82, 2.24) is 5.32 Å². The molecule has 3 nitrogen and oxygen atoms in total. The van der Waals surface area contributed by atoms with Crippen LogP contribution in [0.15, 0.2) is 18.2 Å². The van der Waals surface area contributed by atoms with E-state index < -0.39 is 11.6 Å². The highest BCUT2D eigenvalue weighted by molar-refractivity contribution is 5.85. The molecular weight excluding hydrogens is 300 g/mol. The van der Waals surface area contributed by atoms with Gasteiger partial charge >= 0.3 is 5.97 Å². The number of carbonyl (C=O) groups excluding carboxylic acids is 1. The molecule has 0 radical (unpaired) electrons. The van der Waals surface area contributed by atoms with E-state index in [-0.39, 0.29) is 36.3 Å². The second kappa shape index (κ2) is 6.28. The molecule has 2 heterocycles. The summed E-state index contributed by atoms with van der Waals surface area (Å²) < 4.78 is 31.4. The van der Waals surface area contributed by atoms with E-state index in [1.165, 1.54) is 13.2 Å². The highest BCUT2D eigenvalue weighted by atomic mass is 35.5. The second-order valence-corrected chi connectivity index (χ2v) is 5.61. The lowest BCUT2D eigenvalue weighted by molar-refractivity contribution is -0.148. The number of hydrogen-bond donors (Lipinski definition) is 1. The first kappa shape index (κ1) is 16.2. The van der Waals surface area contributed by atoms with Gasteiger partial charge in [-0.3, -0.25) is 4.79 Å². The van der Waals surface area contributed by atoms with E-state index in [0.29, 0.717) is 11.6 Å². The molecule has 2 fully saturated rings. The summed E-state index contributed by atoms with van der Waals surface area (Å²) in [6.45, 7) is 0. The predicted molar refractivity (Wildman–Crippen MR) is 76.4 cm³/mol. The number of hydrogen-bond acceptors (Lipinski definition) is 3. The number of rotatable bonds is 2. The number of benzene rings is 1. The van der Waals surface area contributed by atoms with Gasteiger partial charge in [0, 0.05) is 18.0 Å². The van der Waals surface area contributed by atoms with Crippen molar-refractivity contribution in [1.29, 1.82) is 0 Å². The Hall–Kier alpha value is -1.20. The van der Waals surface area contributed by atoms with Gasteiger partial charge < -0.3 is 10.1 Å². The minimum atomic E-state index is -0.864. The third-order valence-electron chi connectivity index (χ3n) is 4.53. The zero-order chi connectivity index (χ0) is 14.3. The molecular formula is C15H18ClF2NO2. The molecule has 0 spiro atoms. The Morgan fingerprint density at radius 3 is 2.71 bits per heavy atom. The predicted octanol–water partition coefficient (Wildman–Crippen LogP) is 2.78. The fourth-order valence-corrected chi connectivity index (χ4v) is 3.60. The molecule has 1 aromatic carbocycles. The number of piperidine rings is 1. The van der Waals surface area contributed by atoms with Gasteiger partial charge in [-0.1, -0.05) is 6.07 Å². The summed E-state index contributed by atoms with van der Waals surface area (Å²) in [5, 5.41) is 3.41. The number of halogens is 3. The minimum Gasteiger partial charge on any atom is -0.469 e. The van der Waals surface area contributed by atoms with E-state index >= 15 is 0 Å². The van der Waals surface area contributed by atoms with Crippen LogP contribution in [0, 0.1) is 17.6 Å². The van der Waals surface area contributed by atoms with Crippen molar-refractivity contribution >= 4 is 18.4 Å². The van der Waals surface area contributed by atoms with Crippen molar-refractivity contribution in [2.24, 2.45) is 5.92 Å². The monoisotopic (exact) mass is 317 g/mol. The van der Waals surface area contributed by atoms with Crippen LogP contribution in [-0.2, 0) is 9.53 Å². The summed E-state index contributed by atoms with van der Waals surface area (Å²) >= 11 is 0. The van der Waals surface area contributed by atoms with Gasteiger partial charge in [0.25, 0.3) is 0 Å².